The van der Waals surface area contributed by atoms with Crippen LogP contribution in [-0.2, 0) is 6.42 Å². The Labute approximate surface area is 138 Å². The summed E-state index contributed by atoms with van der Waals surface area (Å²) in [6, 6.07) is 7.07. The summed E-state index contributed by atoms with van der Waals surface area (Å²) < 4.78 is 18.6. The number of Topliss-reactive ketones (excluding diaryl/α,β-unsaturated/α-hetero) is 1. The first-order chi connectivity index (χ1) is 10.8. The van der Waals surface area contributed by atoms with Crippen LogP contribution in [0.2, 0.25) is 5.02 Å². The Kier molecular flexibility index (Phi) is 5.01. The Morgan fingerprint density at radius 1 is 1.26 bits per heavy atom. The Balaban J connectivity index is 2.39. The highest BCUT2D eigenvalue weighted by molar-refractivity contribution is 6.31. The minimum Gasteiger partial charge on any atom is -0.496 e. The topological polar surface area (TPSA) is 69.4 Å². The van der Waals surface area contributed by atoms with Gasteiger partial charge in [0, 0.05) is 17.0 Å². The van der Waals surface area contributed by atoms with Crippen LogP contribution >= 0.6 is 11.6 Å². The molecule has 4 nitrogen and oxygen atoms in total. The third-order valence-electron chi connectivity index (χ3n) is 3.46. The van der Waals surface area contributed by atoms with Crippen molar-refractivity contribution in [2.24, 2.45) is 5.73 Å². The van der Waals surface area contributed by atoms with Gasteiger partial charge in [-0.15, -0.1) is 0 Å². The number of carbonyl (C=O) groups is 2. The monoisotopic (exact) mass is 335 g/mol. The largest absolute Gasteiger partial charge is 0.496 e. The van der Waals surface area contributed by atoms with E-state index >= 15 is 0 Å². The Hall–Kier alpha value is -2.40. The fourth-order valence-corrected chi connectivity index (χ4v) is 2.42. The van der Waals surface area contributed by atoms with Crippen molar-refractivity contribution in [3.05, 3.63) is 63.4 Å². The number of rotatable bonds is 5. The van der Waals surface area contributed by atoms with E-state index in [0.717, 1.165) is 0 Å². The number of benzene rings is 2. The summed E-state index contributed by atoms with van der Waals surface area (Å²) in [7, 11) is 1.42. The molecule has 6 heteroatoms. The molecule has 0 aliphatic carbocycles. The van der Waals surface area contributed by atoms with Gasteiger partial charge in [-0.1, -0.05) is 17.7 Å². The first-order valence-electron chi connectivity index (χ1n) is 6.79. The fraction of sp³-hybridized carbons (Fsp3) is 0.176. The van der Waals surface area contributed by atoms with E-state index in [-0.39, 0.29) is 28.4 Å². The molecule has 0 aromatic heterocycles. The van der Waals surface area contributed by atoms with Crippen LogP contribution < -0.4 is 10.5 Å². The summed E-state index contributed by atoms with van der Waals surface area (Å²) in [5, 5.41) is 0.173. The van der Waals surface area contributed by atoms with Crippen molar-refractivity contribution in [1.29, 1.82) is 0 Å². The van der Waals surface area contributed by atoms with Crippen molar-refractivity contribution in [3.63, 3.8) is 0 Å². The van der Waals surface area contributed by atoms with E-state index in [0.29, 0.717) is 16.9 Å². The summed E-state index contributed by atoms with van der Waals surface area (Å²) in [6.45, 7) is 1.59. The molecule has 1 amide bonds. The average Bonchev–Trinajstić information content (AvgIpc) is 2.51. The number of carbonyl (C=O) groups excluding carboxylic acids is 2. The normalized spacial score (nSPS) is 10.4. The van der Waals surface area contributed by atoms with Gasteiger partial charge in [-0.3, -0.25) is 9.59 Å². The van der Waals surface area contributed by atoms with E-state index in [1.54, 1.807) is 6.92 Å². The zero-order chi connectivity index (χ0) is 17.1. The first kappa shape index (κ1) is 17.0. The van der Waals surface area contributed by atoms with E-state index < -0.39 is 11.7 Å². The number of primary amides is 1. The number of ketones is 1. The van der Waals surface area contributed by atoms with E-state index in [4.69, 9.17) is 22.1 Å². The van der Waals surface area contributed by atoms with Gasteiger partial charge in [-0.05, 0) is 42.3 Å². The summed E-state index contributed by atoms with van der Waals surface area (Å²) in [5.41, 5.74) is 6.56. The second-order valence-corrected chi connectivity index (χ2v) is 5.48. The minimum absolute atomic E-state index is 0.0431. The predicted molar refractivity (Wildman–Crippen MR) is 85.7 cm³/mol. The van der Waals surface area contributed by atoms with Crippen molar-refractivity contribution in [3.8, 4) is 5.75 Å². The van der Waals surface area contributed by atoms with E-state index in [1.807, 2.05) is 0 Å². The number of hydrogen-bond donors (Lipinski definition) is 1. The Morgan fingerprint density at radius 3 is 2.57 bits per heavy atom. The number of halogens is 2. The molecule has 0 radical (unpaired) electrons. The van der Waals surface area contributed by atoms with Crippen LogP contribution in [0.5, 0.6) is 5.75 Å². The van der Waals surface area contributed by atoms with Crippen molar-refractivity contribution < 1.29 is 18.7 Å². The zero-order valence-corrected chi connectivity index (χ0v) is 13.4. The third kappa shape index (κ3) is 3.68. The number of aryl methyl sites for hydroxylation is 1. The van der Waals surface area contributed by atoms with Crippen LogP contribution in [0, 0.1) is 12.7 Å². The van der Waals surface area contributed by atoms with Gasteiger partial charge in [0.2, 0.25) is 5.91 Å². The van der Waals surface area contributed by atoms with Crippen LogP contribution in [0.15, 0.2) is 30.3 Å². The van der Waals surface area contributed by atoms with E-state index in [9.17, 15) is 14.0 Å². The van der Waals surface area contributed by atoms with Crippen LogP contribution in [0.3, 0.4) is 0 Å². The lowest BCUT2D eigenvalue weighted by atomic mass is 9.99. The molecule has 2 aromatic carbocycles. The molecular formula is C17H15ClFNO3. The van der Waals surface area contributed by atoms with Crippen molar-refractivity contribution >= 4 is 23.3 Å². The fourth-order valence-electron chi connectivity index (χ4n) is 2.20. The molecule has 0 saturated carbocycles. The predicted octanol–water partition coefficient (Wildman–Crippen LogP) is 3.32. The van der Waals surface area contributed by atoms with Gasteiger partial charge in [0.25, 0.3) is 0 Å². The van der Waals surface area contributed by atoms with E-state index in [2.05, 4.69) is 0 Å². The van der Waals surface area contributed by atoms with Crippen LogP contribution in [0.25, 0.3) is 0 Å². The van der Waals surface area contributed by atoms with Gasteiger partial charge in [0.15, 0.2) is 5.78 Å². The number of amides is 1. The maximum atomic E-state index is 13.4. The quantitative estimate of drug-likeness (QED) is 0.852. The van der Waals surface area contributed by atoms with Crippen molar-refractivity contribution in [1.82, 2.24) is 0 Å². The molecule has 0 saturated heterocycles. The second-order valence-electron chi connectivity index (χ2n) is 5.07. The number of methoxy groups -OCH3 is 1. The first-order valence-corrected chi connectivity index (χ1v) is 7.17. The average molecular weight is 336 g/mol. The minimum atomic E-state index is -0.641. The Morgan fingerprint density at radius 2 is 1.96 bits per heavy atom. The van der Waals surface area contributed by atoms with Gasteiger partial charge in [-0.25, -0.2) is 4.39 Å². The molecule has 120 valence electrons. The molecular weight excluding hydrogens is 321 g/mol. The molecule has 2 N–H and O–H groups in total. The molecule has 0 spiro atoms. The van der Waals surface area contributed by atoms with Gasteiger partial charge < -0.3 is 10.5 Å². The zero-order valence-electron chi connectivity index (χ0n) is 12.7. The lowest BCUT2D eigenvalue weighted by Crippen LogP contribution is -2.13. The van der Waals surface area contributed by atoms with E-state index in [1.165, 1.54) is 37.4 Å². The molecule has 0 aliphatic rings. The smallest absolute Gasteiger partial charge is 0.248 e. The second kappa shape index (κ2) is 6.79. The SMILES string of the molecule is COc1ccc(C(N)=O)cc1C(=O)Cc1cc(C)c(F)cc1Cl. The van der Waals surface area contributed by atoms with Crippen LogP contribution in [0.1, 0.15) is 31.8 Å². The molecule has 0 fully saturated rings. The molecule has 23 heavy (non-hydrogen) atoms. The molecule has 2 aromatic rings. The van der Waals surface area contributed by atoms with Crippen molar-refractivity contribution in [2.75, 3.05) is 7.11 Å². The lowest BCUT2D eigenvalue weighted by molar-refractivity contribution is 0.0990. The maximum Gasteiger partial charge on any atom is 0.248 e. The molecule has 0 heterocycles. The van der Waals surface area contributed by atoms with Gasteiger partial charge in [-0.2, -0.15) is 0 Å². The molecule has 0 aliphatic heterocycles. The number of ether oxygens (including phenoxy) is 1. The number of nitrogens with two attached hydrogens (primary N) is 1. The molecule has 2 rings (SSSR count). The Bertz CT molecular complexity index is 790. The van der Waals surface area contributed by atoms with Gasteiger partial charge in [0.05, 0.1) is 12.7 Å². The standard InChI is InChI=1S/C17H15ClFNO3/c1-9-5-11(13(18)8-14(9)19)7-15(21)12-6-10(17(20)22)3-4-16(12)23-2/h3-6,8H,7H2,1-2H3,(H2,20,22). The third-order valence-corrected chi connectivity index (χ3v) is 3.81. The van der Waals surface area contributed by atoms with Gasteiger partial charge >= 0.3 is 0 Å². The van der Waals surface area contributed by atoms with Gasteiger partial charge in [0.1, 0.15) is 11.6 Å². The summed E-state index contributed by atoms with van der Waals surface area (Å²) in [6.07, 6.45) is -0.0431. The highest BCUT2D eigenvalue weighted by Crippen LogP contribution is 2.25. The highest BCUT2D eigenvalue weighted by atomic mass is 35.5. The molecule has 0 unspecified atom stereocenters. The molecule has 0 bridgehead atoms. The summed E-state index contributed by atoms with van der Waals surface area (Å²) in [5.74, 6) is -1.05. The maximum absolute atomic E-state index is 13.4. The summed E-state index contributed by atoms with van der Waals surface area (Å²) in [4.78, 5) is 23.8. The van der Waals surface area contributed by atoms with Crippen LogP contribution in [-0.4, -0.2) is 18.8 Å². The van der Waals surface area contributed by atoms with Crippen molar-refractivity contribution in [2.45, 2.75) is 13.3 Å². The highest BCUT2D eigenvalue weighted by Gasteiger charge is 2.17. The lowest BCUT2D eigenvalue weighted by Gasteiger charge is -2.10. The van der Waals surface area contributed by atoms with Crippen LogP contribution in [0.4, 0.5) is 4.39 Å². The molecule has 0 atom stereocenters. The summed E-state index contributed by atoms with van der Waals surface area (Å²) >= 11 is 5.99. The number of hydrogen-bond acceptors (Lipinski definition) is 3.